The number of para-hydroxylation sites is 2. The molecule has 2 nitrogen and oxygen atoms in total. The second-order valence-corrected chi connectivity index (χ2v) is 5.25. The van der Waals surface area contributed by atoms with Crippen LogP contribution in [0.1, 0.15) is 33.6 Å². The van der Waals surface area contributed by atoms with Crippen molar-refractivity contribution in [1.82, 2.24) is 0 Å². The molecule has 0 spiro atoms. The molecule has 0 bridgehead atoms. The van der Waals surface area contributed by atoms with Crippen molar-refractivity contribution >= 4 is 5.69 Å². The average Bonchev–Trinajstić information content (AvgIpc) is 2.24. The van der Waals surface area contributed by atoms with E-state index >= 15 is 0 Å². The summed E-state index contributed by atoms with van der Waals surface area (Å²) in [5.41, 5.74) is 1.14. The average molecular weight is 233 g/mol. The molecule has 0 amide bonds. The largest absolute Gasteiger partial charge is 0.492 e. The summed E-state index contributed by atoms with van der Waals surface area (Å²) in [4.78, 5) is 0. The van der Waals surface area contributed by atoms with Gasteiger partial charge in [0.15, 0.2) is 0 Å². The van der Waals surface area contributed by atoms with Gasteiger partial charge in [-0.2, -0.15) is 0 Å². The molecule has 0 aromatic heterocycles. The Bertz CT molecular complexity index is 356. The molecule has 0 heterocycles. The SMILES string of the molecule is CCOc1ccccc1NC1CC(C(C)C)C1. The topological polar surface area (TPSA) is 21.3 Å². The molecule has 0 atom stereocenters. The molecule has 1 N–H and O–H groups in total. The first-order valence-electron chi connectivity index (χ1n) is 6.69. The molecule has 0 unspecified atom stereocenters. The maximum Gasteiger partial charge on any atom is 0.142 e. The zero-order chi connectivity index (χ0) is 12.3. The smallest absolute Gasteiger partial charge is 0.142 e. The molecule has 17 heavy (non-hydrogen) atoms. The fraction of sp³-hybridized carbons (Fsp3) is 0.600. The summed E-state index contributed by atoms with van der Waals surface area (Å²) in [5, 5.41) is 3.59. The maximum atomic E-state index is 5.62. The van der Waals surface area contributed by atoms with Crippen LogP contribution in [-0.2, 0) is 0 Å². The Balaban J connectivity index is 1.91. The molecule has 1 aromatic carbocycles. The highest BCUT2D eigenvalue weighted by molar-refractivity contribution is 5.57. The third kappa shape index (κ3) is 2.93. The monoisotopic (exact) mass is 233 g/mol. The minimum Gasteiger partial charge on any atom is -0.492 e. The number of benzene rings is 1. The number of hydrogen-bond acceptors (Lipinski definition) is 2. The van der Waals surface area contributed by atoms with Crippen LogP contribution in [0.15, 0.2) is 24.3 Å². The third-order valence-electron chi connectivity index (χ3n) is 3.66. The van der Waals surface area contributed by atoms with E-state index in [1.807, 2.05) is 19.1 Å². The van der Waals surface area contributed by atoms with E-state index in [1.54, 1.807) is 0 Å². The van der Waals surface area contributed by atoms with E-state index < -0.39 is 0 Å². The van der Waals surface area contributed by atoms with Gasteiger partial charge in [-0.05, 0) is 43.7 Å². The number of hydrogen-bond donors (Lipinski definition) is 1. The second-order valence-electron chi connectivity index (χ2n) is 5.25. The van der Waals surface area contributed by atoms with Gasteiger partial charge in [0.05, 0.1) is 12.3 Å². The van der Waals surface area contributed by atoms with E-state index in [9.17, 15) is 0 Å². The molecule has 94 valence electrons. The van der Waals surface area contributed by atoms with Crippen LogP contribution in [-0.4, -0.2) is 12.6 Å². The summed E-state index contributed by atoms with van der Waals surface area (Å²) in [6, 6.07) is 8.85. The highest BCUT2D eigenvalue weighted by atomic mass is 16.5. The van der Waals surface area contributed by atoms with Gasteiger partial charge < -0.3 is 10.1 Å². The summed E-state index contributed by atoms with van der Waals surface area (Å²) < 4.78 is 5.62. The van der Waals surface area contributed by atoms with Crippen molar-refractivity contribution in [2.75, 3.05) is 11.9 Å². The summed E-state index contributed by atoms with van der Waals surface area (Å²) in [5.74, 6) is 2.69. The molecule has 0 radical (unpaired) electrons. The molecule has 2 heteroatoms. The van der Waals surface area contributed by atoms with E-state index in [1.165, 1.54) is 12.8 Å². The first kappa shape index (κ1) is 12.3. The minimum atomic E-state index is 0.629. The highest BCUT2D eigenvalue weighted by Crippen LogP contribution is 2.37. The number of anilines is 1. The van der Waals surface area contributed by atoms with Crippen LogP contribution in [0, 0.1) is 11.8 Å². The van der Waals surface area contributed by atoms with Gasteiger partial charge >= 0.3 is 0 Å². The fourth-order valence-electron chi connectivity index (χ4n) is 2.41. The van der Waals surface area contributed by atoms with Crippen LogP contribution in [0.4, 0.5) is 5.69 Å². The first-order valence-corrected chi connectivity index (χ1v) is 6.69. The summed E-state index contributed by atoms with van der Waals surface area (Å²) in [6.07, 6.45) is 2.58. The highest BCUT2D eigenvalue weighted by Gasteiger charge is 2.31. The first-order chi connectivity index (χ1) is 8.20. The number of nitrogens with one attached hydrogen (secondary N) is 1. The number of rotatable bonds is 5. The van der Waals surface area contributed by atoms with Crippen LogP contribution >= 0.6 is 0 Å². The van der Waals surface area contributed by atoms with Gasteiger partial charge in [-0.3, -0.25) is 0 Å². The van der Waals surface area contributed by atoms with Gasteiger partial charge in [0.25, 0.3) is 0 Å². The van der Waals surface area contributed by atoms with E-state index in [0.717, 1.165) is 29.9 Å². The molecular weight excluding hydrogens is 210 g/mol. The van der Waals surface area contributed by atoms with Crippen LogP contribution in [0.3, 0.4) is 0 Å². The fourth-order valence-corrected chi connectivity index (χ4v) is 2.41. The molecule has 0 aliphatic heterocycles. The molecule has 1 aromatic rings. The molecule has 1 aliphatic carbocycles. The predicted molar refractivity (Wildman–Crippen MR) is 72.6 cm³/mol. The molecule has 1 aliphatic rings. The summed E-state index contributed by atoms with van der Waals surface area (Å²) in [6.45, 7) is 7.37. The van der Waals surface area contributed by atoms with Crippen molar-refractivity contribution < 1.29 is 4.74 Å². The van der Waals surface area contributed by atoms with E-state index in [4.69, 9.17) is 4.74 Å². The van der Waals surface area contributed by atoms with Crippen LogP contribution in [0.5, 0.6) is 5.75 Å². The van der Waals surface area contributed by atoms with E-state index in [2.05, 4.69) is 31.3 Å². The second kappa shape index (κ2) is 5.44. The normalized spacial score (nSPS) is 23.3. The predicted octanol–water partition coefficient (Wildman–Crippen LogP) is 3.93. The zero-order valence-corrected chi connectivity index (χ0v) is 11.1. The minimum absolute atomic E-state index is 0.629. The summed E-state index contributed by atoms with van der Waals surface area (Å²) >= 11 is 0. The van der Waals surface area contributed by atoms with Crippen molar-refractivity contribution in [3.05, 3.63) is 24.3 Å². The van der Waals surface area contributed by atoms with Gasteiger partial charge in [-0.15, -0.1) is 0 Å². The zero-order valence-electron chi connectivity index (χ0n) is 11.1. The lowest BCUT2D eigenvalue weighted by Gasteiger charge is -2.39. The lowest BCUT2D eigenvalue weighted by Crippen LogP contribution is -2.37. The van der Waals surface area contributed by atoms with Gasteiger partial charge in [-0.1, -0.05) is 26.0 Å². The van der Waals surface area contributed by atoms with Crippen molar-refractivity contribution in [2.45, 2.75) is 39.7 Å². The van der Waals surface area contributed by atoms with Crippen molar-refractivity contribution in [1.29, 1.82) is 0 Å². The molecule has 1 saturated carbocycles. The van der Waals surface area contributed by atoms with Crippen molar-refractivity contribution in [3.63, 3.8) is 0 Å². The quantitative estimate of drug-likeness (QED) is 0.832. The van der Waals surface area contributed by atoms with Gasteiger partial charge in [0.1, 0.15) is 5.75 Å². The Kier molecular flexibility index (Phi) is 3.93. The van der Waals surface area contributed by atoms with Gasteiger partial charge in [0.2, 0.25) is 0 Å². The van der Waals surface area contributed by atoms with E-state index in [-0.39, 0.29) is 0 Å². The van der Waals surface area contributed by atoms with Crippen molar-refractivity contribution in [2.24, 2.45) is 11.8 Å². The van der Waals surface area contributed by atoms with E-state index in [0.29, 0.717) is 6.04 Å². The van der Waals surface area contributed by atoms with Crippen LogP contribution in [0.2, 0.25) is 0 Å². The lowest BCUT2D eigenvalue weighted by molar-refractivity contribution is 0.211. The third-order valence-corrected chi connectivity index (χ3v) is 3.66. The van der Waals surface area contributed by atoms with Crippen LogP contribution < -0.4 is 10.1 Å². The lowest BCUT2D eigenvalue weighted by atomic mass is 9.73. The maximum absolute atomic E-state index is 5.62. The molecular formula is C15H23NO. The Hall–Kier alpha value is -1.18. The molecule has 0 saturated heterocycles. The Morgan fingerprint density at radius 1 is 1.29 bits per heavy atom. The molecule has 1 fully saturated rings. The van der Waals surface area contributed by atoms with Gasteiger partial charge in [-0.25, -0.2) is 0 Å². The van der Waals surface area contributed by atoms with Gasteiger partial charge in [0, 0.05) is 6.04 Å². The van der Waals surface area contributed by atoms with Crippen LogP contribution in [0.25, 0.3) is 0 Å². The standard InChI is InChI=1S/C15H23NO/c1-4-17-15-8-6-5-7-14(15)16-13-9-12(10-13)11(2)3/h5-8,11-13,16H,4,9-10H2,1-3H3. The summed E-state index contributed by atoms with van der Waals surface area (Å²) in [7, 11) is 0. The Morgan fingerprint density at radius 2 is 2.00 bits per heavy atom. The van der Waals surface area contributed by atoms with Crippen molar-refractivity contribution in [3.8, 4) is 5.75 Å². The molecule has 2 rings (SSSR count). The Morgan fingerprint density at radius 3 is 2.65 bits per heavy atom. The number of ether oxygens (including phenoxy) is 1. The Labute approximate surface area is 104 Å².